The number of fused-ring (bicyclic) bond motifs is 2. The number of alkyl halides is 4. The molecule has 43 heavy (non-hydrogen) atoms. The molecule has 2 atom stereocenters. The van der Waals surface area contributed by atoms with Gasteiger partial charge in [0.25, 0.3) is 5.91 Å². The van der Waals surface area contributed by atoms with E-state index in [4.69, 9.17) is 0 Å². The summed E-state index contributed by atoms with van der Waals surface area (Å²) in [6, 6.07) is 5.87. The fraction of sp³-hybridized carbons (Fsp3) is 0.393. The number of rotatable bonds is 6. The Morgan fingerprint density at radius 2 is 1.86 bits per heavy atom. The fourth-order valence-corrected chi connectivity index (χ4v) is 6.25. The molecular weight excluding hydrogens is 577 g/mol. The first kappa shape index (κ1) is 28.7. The number of likely N-dealkylation sites (tertiary alicyclic amines) is 1. The average molecular weight is 604 g/mol. The highest BCUT2D eigenvalue weighted by atomic mass is 19.4. The van der Waals surface area contributed by atoms with Gasteiger partial charge in [-0.3, -0.25) is 24.2 Å². The molecule has 2 fully saturated rings. The second-order valence-corrected chi connectivity index (χ2v) is 11.3. The molecule has 0 saturated carbocycles. The predicted molar refractivity (Wildman–Crippen MR) is 140 cm³/mol. The number of nitrogens with zero attached hydrogens (tertiary/aromatic N) is 6. The Morgan fingerprint density at radius 3 is 2.47 bits per heavy atom. The van der Waals surface area contributed by atoms with E-state index in [1.165, 1.54) is 18.0 Å². The molecule has 4 heterocycles. The van der Waals surface area contributed by atoms with Gasteiger partial charge in [0.05, 0.1) is 24.6 Å². The number of urea groups is 1. The van der Waals surface area contributed by atoms with E-state index in [0.29, 0.717) is 20.9 Å². The highest BCUT2D eigenvalue weighted by Gasteiger charge is 2.66. The minimum atomic E-state index is -4.87. The number of halogens is 5. The minimum Gasteiger partial charge on any atom is -0.319 e. The quantitative estimate of drug-likeness (QED) is 0.343. The van der Waals surface area contributed by atoms with Crippen molar-refractivity contribution in [1.29, 1.82) is 0 Å². The molecular formula is C28H26F5N7O3. The Morgan fingerprint density at radius 1 is 1.12 bits per heavy atom. The normalized spacial score (nSPS) is 23.0. The third-order valence-corrected chi connectivity index (χ3v) is 8.36. The number of amides is 4. The molecule has 10 nitrogen and oxygen atoms in total. The van der Waals surface area contributed by atoms with Crippen LogP contribution in [0, 0.1) is 5.82 Å². The van der Waals surface area contributed by atoms with Crippen LogP contribution in [0.4, 0.5) is 26.7 Å². The third-order valence-electron chi connectivity index (χ3n) is 8.36. The van der Waals surface area contributed by atoms with Crippen LogP contribution in [0.2, 0.25) is 0 Å². The molecule has 0 radical (unpaired) electrons. The molecule has 1 aromatic carbocycles. The zero-order valence-corrected chi connectivity index (χ0v) is 23.0. The smallest absolute Gasteiger partial charge is 0.319 e. The van der Waals surface area contributed by atoms with Crippen LogP contribution in [0.25, 0.3) is 11.1 Å². The van der Waals surface area contributed by atoms with Crippen LogP contribution in [-0.4, -0.2) is 85.7 Å². The van der Waals surface area contributed by atoms with Crippen LogP contribution < -0.4 is 5.32 Å². The number of carbonyl (C=O) groups is 3. The zero-order chi connectivity index (χ0) is 30.9. The van der Waals surface area contributed by atoms with Crippen LogP contribution in [-0.2, 0) is 28.7 Å². The molecule has 6 rings (SSSR count). The highest BCUT2D eigenvalue weighted by Crippen LogP contribution is 2.49. The highest BCUT2D eigenvalue weighted by molar-refractivity contribution is 6.10. The Hall–Kier alpha value is -4.40. The number of benzene rings is 1. The van der Waals surface area contributed by atoms with E-state index in [0.717, 1.165) is 18.3 Å². The van der Waals surface area contributed by atoms with E-state index < -0.39 is 79.7 Å². The van der Waals surface area contributed by atoms with Crippen LogP contribution >= 0.6 is 0 Å². The lowest BCUT2D eigenvalue weighted by atomic mass is 9.86. The average Bonchev–Trinajstić information content (AvgIpc) is 3.55. The van der Waals surface area contributed by atoms with Crippen molar-refractivity contribution in [3.63, 3.8) is 0 Å². The molecule has 226 valence electrons. The van der Waals surface area contributed by atoms with Gasteiger partial charge in [-0.25, -0.2) is 13.6 Å². The van der Waals surface area contributed by atoms with Crippen molar-refractivity contribution >= 4 is 17.8 Å². The first-order chi connectivity index (χ1) is 20.2. The number of carbonyl (C=O) groups excluding carboxylic acids is 3. The van der Waals surface area contributed by atoms with Gasteiger partial charge >= 0.3 is 12.2 Å². The van der Waals surface area contributed by atoms with Gasteiger partial charge in [0.1, 0.15) is 24.1 Å². The summed E-state index contributed by atoms with van der Waals surface area (Å²) in [6.45, 7) is -2.77. The lowest BCUT2D eigenvalue weighted by molar-refractivity contribution is -0.268. The van der Waals surface area contributed by atoms with Crippen molar-refractivity contribution in [1.82, 2.24) is 34.8 Å². The number of aryl methyl sites for hydroxylation is 1. The minimum absolute atomic E-state index is 0.0176. The van der Waals surface area contributed by atoms with Crippen LogP contribution in [0.1, 0.15) is 29.4 Å². The van der Waals surface area contributed by atoms with Crippen LogP contribution in [0.5, 0.6) is 0 Å². The maximum Gasteiger partial charge on any atom is 0.414 e. The van der Waals surface area contributed by atoms with Gasteiger partial charge < -0.3 is 15.1 Å². The van der Waals surface area contributed by atoms with E-state index in [1.807, 2.05) is 0 Å². The Bertz CT molecular complexity index is 1620. The molecule has 0 bridgehead atoms. The molecule has 3 aliphatic rings. The van der Waals surface area contributed by atoms with Crippen molar-refractivity contribution in [3.8, 4) is 11.1 Å². The number of likely N-dealkylation sites (N-methyl/N-ethyl adjacent to an activating group) is 1. The van der Waals surface area contributed by atoms with Crippen LogP contribution in [0.3, 0.4) is 0 Å². The molecule has 3 aromatic rings. The van der Waals surface area contributed by atoms with Crippen molar-refractivity contribution < 1.29 is 36.3 Å². The van der Waals surface area contributed by atoms with Crippen LogP contribution in [0.15, 0.2) is 48.9 Å². The second kappa shape index (κ2) is 9.82. The van der Waals surface area contributed by atoms with Gasteiger partial charge in [0.15, 0.2) is 5.54 Å². The van der Waals surface area contributed by atoms with Gasteiger partial charge in [-0.2, -0.15) is 18.3 Å². The molecule has 2 aromatic heterocycles. The van der Waals surface area contributed by atoms with E-state index >= 15 is 4.39 Å². The first-order valence-electron chi connectivity index (χ1n) is 13.3. The molecule has 1 aliphatic carbocycles. The van der Waals surface area contributed by atoms with Gasteiger partial charge in [-0.15, -0.1) is 0 Å². The summed E-state index contributed by atoms with van der Waals surface area (Å²) >= 11 is 0. The fourth-order valence-electron chi connectivity index (χ4n) is 6.25. The SMILES string of the molecule is CN1CC(N(Cc2ccc(F)cn2)C(=O)CN2C(=O)N[C@]3(C[C@@H](F)c4cc(-c5cnn(C)c5)ccc43)C2=O)(C(F)(F)F)C1. The number of aromatic nitrogens is 3. The van der Waals surface area contributed by atoms with Gasteiger partial charge in [0.2, 0.25) is 5.91 Å². The molecule has 2 saturated heterocycles. The molecule has 0 unspecified atom stereocenters. The largest absolute Gasteiger partial charge is 0.414 e. The van der Waals surface area contributed by atoms with E-state index in [9.17, 15) is 31.9 Å². The summed E-state index contributed by atoms with van der Waals surface area (Å²) in [5, 5.41) is 6.61. The van der Waals surface area contributed by atoms with E-state index in [1.54, 1.807) is 36.3 Å². The van der Waals surface area contributed by atoms with Crippen molar-refractivity contribution in [3.05, 3.63) is 71.6 Å². The Balaban J connectivity index is 1.30. The van der Waals surface area contributed by atoms with Crippen molar-refractivity contribution in [2.24, 2.45) is 7.05 Å². The third kappa shape index (κ3) is 4.53. The summed E-state index contributed by atoms with van der Waals surface area (Å²) < 4.78 is 73.8. The standard InChI is InChI=1S/C28H26F5N7O3/c1-37-14-26(15-37,28(31,32)33)40(12-19-5-4-18(29)10-34-19)23(41)13-39-24(42)27(36-25(39)43)8-22(30)20-7-16(3-6-21(20)27)17-9-35-38(2)11-17/h3-7,9-11,22H,8,12-15H2,1-2H3,(H,36,43)/t22-,27+/m1/s1. The molecule has 2 aliphatic heterocycles. The topological polar surface area (TPSA) is 104 Å². The summed E-state index contributed by atoms with van der Waals surface area (Å²) in [7, 11) is 3.18. The van der Waals surface area contributed by atoms with Crippen molar-refractivity contribution in [2.75, 3.05) is 26.7 Å². The maximum atomic E-state index is 15.4. The Labute approximate surface area is 242 Å². The summed E-state index contributed by atoms with van der Waals surface area (Å²) in [4.78, 5) is 46.7. The van der Waals surface area contributed by atoms with Crippen molar-refractivity contribution in [2.45, 2.75) is 36.4 Å². The number of hydrogen-bond donors (Lipinski definition) is 1. The summed E-state index contributed by atoms with van der Waals surface area (Å²) in [5.41, 5.74) is -2.72. The monoisotopic (exact) mass is 603 g/mol. The predicted octanol–water partition coefficient (Wildman–Crippen LogP) is 3.06. The number of pyridine rings is 1. The maximum absolute atomic E-state index is 15.4. The Kier molecular flexibility index (Phi) is 6.56. The number of imide groups is 1. The van der Waals surface area contributed by atoms with E-state index in [2.05, 4.69) is 15.4 Å². The zero-order valence-electron chi connectivity index (χ0n) is 23.0. The lowest BCUT2D eigenvalue weighted by Crippen LogP contribution is -2.77. The van der Waals surface area contributed by atoms with Gasteiger partial charge in [0, 0.05) is 38.3 Å². The molecule has 1 spiro atoms. The number of hydrogen-bond acceptors (Lipinski definition) is 6. The molecule has 15 heteroatoms. The van der Waals surface area contributed by atoms with E-state index in [-0.39, 0.29) is 16.8 Å². The van der Waals surface area contributed by atoms with Gasteiger partial charge in [-0.1, -0.05) is 12.1 Å². The summed E-state index contributed by atoms with van der Waals surface area (Å²) in [5.74, 6) is -2.82. The first-order valence-corrected chi connectivity index (χ1v) is 13.3. The second-order valence-electron chi connectivity index (χ2n) is 11.3. The molecule has 1 N–H and O–H groups in total. The lowest BCUT2D eigenvalue weighted by Gasteiger charge is -2.55. The van der Waals surface area contributed by atoms with Gasteiger partial charge in [-0.05, 0) is 41.9 Å². The number of nitrogens with one attached hydrogen (secondary N) is 1. The summed E-state index contributed by atoms with van der Waals surface area (Å²) in [6.07, 6.45) is -2.80. The molecule has 4 amide bonds.